The van der Waals surface area contributed by atoms with Gasteiger partial charge in [-0.25, -0.2) is 0 Å². The van der Waals surface area contributed by atoms with Gasteiger partial charge < -0.3 is 5.32 Å². The number of H-pyrrole nitrogens is 1. The highest BCUT2D eigenvalue weighted by molar-refractivity contribution is 6.00. The Kier molecular flexibility index (Phi) is 1.96. The minimum Gasteiger partial charge on any atom is -0.371 e. The summed E-state index contributed by atoms with van der Waals surface area (Å²) in [6, 6.07) is 5.50. The molecule has 0 aliphatic heterocycles. The Balaban J connectivity index is 2.67. The molecule has 2 aromatic rings. The molecule has 4 nitrogen and oxygen atoms in total. The maximum atomic E-state index is 11.2. The van der Waals surface area contributed by atoms with Gasteiger partial charge in [0.1, 0.15) is 0 Å². The van der Waals surface area contributed by atoms with Gasteiger partial charge in [-0.3, -0.25) is 9.89 Å². The highest BCUT2D eigenvalue weighted by Gasteiger charge is 2.06. The third kappa shape index (κ3) is 1.25. The van der Waals surface area contributed by atoms with Crippen LogP contribution in [0.3, 0.4) is 0 Å². The molecule has 0 aliphatic rings. The molecule has 0 radical (unpaired) electrons. The van der Waals surface area contributed by atoms with Crippen LogP contribution >= 0.6 is 0 Å². The zero-order chi connectivity index (χ0) is 10.1. The molecule has 14 heavy (non-hydrogen) atoms. The molecule has 1 aromatic carbocycles. The molecule has 0 fully saturated rings. The molecule has 0 atom stereocenters. The van der Waals surface area contributed by atoms with Crippen LogP contribution in [0.15, 0.2) is 18.2 Å². The first-order chi connectivity index (χ1) is 6.72. The number of carbonyl (C=O) groups excluding carboxylic acids is 1. The second kappa shape index (κ2) is 3.14. The highest BCUT2D eigenvalue weighted by Crippen LogP contribution is 2.21. The number of hydrogen-bond donors (Lipinski definition) is 2. The van der Waals surface area contributed by atoms with Gasteiger partial charge in [0.15, 0.2) is 11.6 Å². The second-order valence-corrected chi connectivity index (χ2v) is 3.14. The Hall–Kier alpha value is -1.84. The molecule has 72 valence electrons. The number of nitrogens with one attached hydrogen (secondary N) is 2. The Morgan fingerprint density at radius 3 is 2.93 bits per heavy atom. The Bertz CT molecular complexity index is 487. The Labute approximate surface area is 81.3 Å². The molecule has 0 unspecified atom stereocenters. The standard InChI is InChI=1S/C10H11N3O/c1-6(14)7-3-4-9-8(5-7)10(11-2)13-12-9/h3-5H,1-2H3,(H2,11,12,13). The van der Waals surface area contributed by atoms with E-state index in [0.29, 0.717) is 5.56 Å². The largest absolute Gasteiger partial charge is 0.371 e. The van der Waals surface area contributed by atoms with Crippen molar-refractivity contribution in [2.75, 3.05) is 12.4 Å². The van der Waals surface area contributed by atoms with Crippen molar-refractivity contribution in [1.29, 1.82) is 0 Å². The topological polar surface area (TPSA) is 57.8 Å². The molecule has 0 saturated carbocycles. The quantitative estimate of drug-likeness (QED) is 0.708. The zero-order valence-electron chi connectivity index (χ0n) is 8.09. The van der Waals surface area contributed by atoms with Gasteiger partial charge in [0, 0.05) is 18.0 Å². The van der Waals surface area contributed by atoms with Crippen molar-refractivity contribution in [1.82, 2.24) is 10.2 Å². The molecule has 1 aromatic heterocycles. The zero-order valence-corrected chi connectivity index (χ0v) is 8.09. The van der Waals surface area contributed by atoms with E-state index in [-0.39, 0.29) is 5.78 Å². The van der Waals surface area contributed by atoms with E-state index in [1.165, 1.54) is 0 Å². The van der Waals surface area contributed by atoms with Crippen LogP contribution in [-0.2, 0) is 0 Å². The SMILES string of the molecule is CNc1n[nH]c2ccc(C(C)=O)cc12. The molecule has 0 amide bonds. The molecule has 0 spiro atoms. The summed E-state index contributed by atoms with van der Waals surface area (Å²) >= 11 is 0. The maximum absolute atomic E-state index is 11.2. The molecule has 0 aliphatic carbocycles. The van der Waals surface area contributed by atoms with Crippen molar-refractivity contribution in [3.8, 4) is 0 Å². The van der Waals surface area contributed by atoms with Crippen molar-refractivity contribution >= 4 is 22.5 Å². The fourth-order valence-corrected chi connectivity index (χ4v) is 1.42. The van der Waals surface area contributed by atoms with Crippen LogP contribution in [0.1, 0.15) is 17.3 Å². The van der Waals surface area contributed by atoms with E-state index in [4.69, 9.17) is 0 Å². The number of carbonyl (C=O) groups is 1. The lowest BCUT2D eigenvalue weighted by atomic mass is 10.1. The number of benzene rings is 1. The van der Waals surface area contributed by atoms with Gasteiger partial charge in [0.2, 0.25) is 0 Å². The molecule has 1 heterocycles. The van der Waals surface area contributed by atoms with Gasteiger partial charge in [-0.15, -0.1) is 0 Å². The normalized spacial score (nSPS) is 10.4. The number of rotatable bonds is 2. The predicted molar refractivity (Wildman–Crippen MR) is 55.6 cm³/mol. The molecule has 2 rings (SSSR count). The first-order valence-electron chi connectivity index (χ1n) is 4.39. The first kappa shape index (κ1) is 8.74. The molecular weight excluding hydrogens is 178 g/mol. The van der Waals surface area contributed by atoms with Gasteiger partial charge in [-0.1, -0.05) is 0 Å². The summed E-state index contributed by atoms with van der Waals surface area (Å²) in [6.45, 7) is 1.56. The number of aromatic amines is 1. The lowest BCUT2D eigenvalue weighted by Crippen LogP contribution is -1.92. The van der Waals surface area contributed by atoms with E-state index < -0.39 is 0 Å². The van der Waals surface area contributed by atoms with Gasteiger partial charge >= 0.3 is 0 Å². The number of fused-ring (bicyclic) bond motifs is 1. The average molecular weight is 189 g/mol. The summed E-state index contributed by atoms with van der Waals surface area (Å²) in [5, 5.41) is 10.9. The van der Waals surface area contributed by atoms with Crippen LogP contribution in [-0.4, -0.2) is 23.0 Å². The second-order valence-electron chi connectivity index (χ2n) is 3.14. The minimum absolute atomic E-state index is 0.0650. The Morgan fingerprint density at radius 1 is 1.50 bits per heavy atom. The van der Waals surface area contributed by atoms with E-state index in [0.717, 1.165) is 16.7 Å². The van der Waals surface area contributed by atoms with Gasteiger partial charge in [-0.05, 0) is 25.1 Å². The summed E-state index contributed by atoms with van der Waals surface area (Å²) in [6.07, 6.45) is 0. The van der Waals surface area contributed by atoms with E-state index in [1.54, 1.807) is 20.0 Å². The van der Waals surface area contributed by atoms with Crippen molar-refractivity contribution in [3.63, 3.8) is 0 Å². The first-order valence-corrected chi connectivity index (χ1v) is 4.39. The smallest absolute Gasteiger partial charge is 0.159 e. The highest BCUT2D eigenvalue weighted by atomic mass is 16.1. The van der Waals surface area contributed by atoms with E-state index in [2.05, 4.69) is 15.5 Å². The van der Waals surface area contributed by atoms with E-state index in [1.807, 2.05) is 12.1 Å². The maximum Gasteiger partial charge on any atom is 0.159 e. The van der Waals surface area contributed by atoms with Crippen molar-refractivity contribution in [3.05, 3.63) is 23.8 Å². The summed E-state index contributed by atoms with van der Waals surface area (Å²) in [5.74, 6) is 0.832. The van der Waals surface area contributed by atoms with Crippen LogP contribution in [0, 0.1) is 0 Å². The Morgan fingerprint density at radius 2 is 2.29 bits per heavy atom. The summed E-state index contributed by atoms with van der Waals surface area (Å²) in [5.41, 5.74) is 1.63. The minimum atomic E-state index is 0.0650. The summed E-state index contributed by atoms with van der Waals surface area (Å²) in [4.78, 5) is 11.2. The predicted octanol–water partition coefficient (Wildman–Crippen LogP) is 1.81. The van der Waals surface area contributed by atoms with E-state index >= 15 is 0 Å². The van der Waals surface area contributed by atoms with Gasteiger partial charge in [-0.2, -0.15) is 5.10 Å². The number of nitrogens with zero attached hydrogens (tertiary/aromatic N) is 1. The number of Topliss-reactive ketones (excluding diaryl/α,β-unsaturated/α-hetero) is 1. The number of aromatic nitrogens is 2. The van der Waals surface area contributed by atoms with Crippen molar-refractivity contribution < 1.29 is 4.79 Å². The molecule has 0 bridgehead atoms. The van der Waals surface area contributed by atoms with Crippen molar-refractivity contribution in [2.24, 2.45) is 0 Å². The number of ketones is 1. The van der Waals surface area contributed by atoms with Gasteiger partial charge in [0.05, 0.1) is 5.52 Å². The lowest BCUT2D eigenvalue weighted by Gasteiger charge is -1.97. The molecule has 2 N–H and O–H groups in total. The lowest BCUT2D eigenvalue weighted by molar-refractivity contribution is 0.101. The molecular formula is C10H11N3O. The summed E-state index contributed by atoms with van der Waals surface area (Å²) < 4.78 is 0. The van der Waals surface area contributed by atoms with E-state index in [9.17, 15) is 4.79 Å². The molecule has 0 saturated heterocycles. The van der Waals surface area contributed by atoms with Crippen LogP contribution in [0.25, 0.3) is 10.9 Å². The fourth-order valence-electron chi connectivity index (χ4n) is 1.42. The van der Waals surface area contributed by atoms with Crippen molar-refractivity contribution in [2.45, 2.75) is 6.92 Å². The fraction of sp³-hybridized carbons (Fsp3) is 0.200. The average Bonchev–Trinajstić information content (AvgIpc) is 2.59. The van der Waals surface area contributed by atoms with Gasteiger partial charge in [0.25, 0.3) is 0 Å². The van der Waals surface area contributed by atoms with Crippen LogP contribution in [0.2, 0.25) is 0 Å². The monoisotopic (exact) mass is 189 g/mol. The number of hydrogen-bond acceptors (Lipinski definition) is 3. The number of anilines is 1. The van der Waals surface area contributed by atoms with Crippen LogP contribution in [0.5, 0.6) is 0 Å². The van der Waals surface area contributed by atoms with Crippen LogP contribution in [0.4, 0.5) is 5.82 Å². The molecule has 4 heteroatoms. The van der Waals surface area contributed by atoms with Crippen LogP contribution < -0.4 is 5.32 Å². The third-order valence-electron chi connectivity index (χ3n) is 2.21. The third-order valence-corrected chi connectivity index (χ3v) is 2.21. The summed E-state index contributed by atoms with van der Waals surface area (Å²) in [7, 11) is 1.80.